The van der Waals surface area contributed by atoms with Gasteiger partial charge in [0, 0.05) is 189 Å². The molecule has 6 N–H and O–H groups in total. The molecule has 6 amide bonds. The van der Waals surface area contributed by atoms with Crippen LogP contribution in [0.2, 0.25) is 0 Å². The minimum atomic E-state index is -3.11. The number of aryl methyl sites for hydroxylation is 3. The van der Waals surface area contributed by atoms with Gasteiger partial charge in [-0.3, -0.25) is 43.2 Å². The summed E-state index contributed by atoms with van der Waals surface area (Å²) < 4.78 is 39.2. The molecule has 732 valence electrons. The lowest BCUT2D eigenvalue weighted by Gasteiger charge is -2.35. The fourth-order valence-electron chi connectivity index (χ4n) is 20.1. The SMILES string of the molecule is CC1CN(C(=O)c2ccc(Nc3nc(-c4cccc(N5CCc6cc(C7CC7)ccc6C5=O)c4CO)cn(C)c3=O)cc2)CC(C)O1.CCOC1CCN(C(=O)c2ccc(Nc3nc(-c4cccc(N5CCc6cc(C7CC7)ccc6C5=O)c4CO)cn(C)c3=O)cc2)CC1.Cn1cc(-c2cccc(N3CCc4cc(C5CC5)ccc4C3=O)c2CO)nc(Nc2ccc(C(=O)N3CCS(=O)(=O)CC3)cc2)c1=O. The minimum Gasteiger partial charge on any atom is -0.392 e. The predicted molar refractivity (Wildman–Crippen MR) is 544 cm³/mol. The topological polar surface area (TPSA) is 376 Å². The van der Waals surface area contributed by atoms with E-state index in [1.54, 1.807) is 132 Å². The summed E-state index contributed by atoms with van der Waals surface area (Å²) in [6, 6.07) is 55.6. The van der Waals surface area contributed by atoms with Gasteiger partial charge in [-0.05, 0) is 252 Å². The molecular formula is C110H115N15O16S. The average molecular weight is 1940 g/mol. The number of hydrogen-bond acceptors (Lipinski definition) is 22. The second kappa shape index (κ2) is 41.0. The maximum Gasteiger partial charge on any atom is 0.293 e. The van der Waals surface area contributed by atoms with Gasteiger partial charge >= 0.3 is 0 Å². The van der Waals surface area contributed by atoms with Crippen molar-refractivity contribution in [3.05, 3.63) is 315 Å². The number of aromatic nitrogens is 6. The zero-order valence-electron chi connectivity index (χ0n) is 80.3. The summed E-state index contributed by atoms with van der Waals surface area (Å²) in [7, 11) is 1.81. The number of hydrogen-bond donors (Lipinski definition) is 6. The van der Waals surface area contributed by atoms with Gasteiger partial charge in [-0.15, -0.1) is 0 Å². The Morgan fingerprint density at radius 1 is 0.394 bits per heavy atom. The number of fused-ring (bicyclic) bond motifs is 3. The third kappa shape index (κ3) is 20.6. The van der Waals surface area contributed by atoms with Gasteiger partial charge in [-0.1, -0.05) is 72.8 Å². The molecule has 2 atom stereocenters. The molecular weight excluding hydrogens is 1820 g/mol. The smallest absolute Gasteiger partial charge is 0.293 e. The summed E-state index contributed by atoms with van der Waals surface area (Å²) in [6.07, 6.45) is 16.1. The lowest BCUT2D eigenvalue weighted by Crippen LogP contribution is -2.48. The van der Waals surface area contributed by atoms with Crippen molar-refractivity contribution in [2.24, 2.45) is 21.1 Å². The third-order valence-electron chi connectivity index (χ3n) is 28.3. The molecule has 21 rings (SSSR count). The van der Waals surface area contributed by atoms with Gasteiger partial charge in [0.2, 0.25) is 0 Å². The number of piperidine rings is 1. The van der Waals surface area contributed by atoms with E-state index >= 15 is 0 Å². The molecule has 0 radical (unpaired) electrons. The molecule has 9 heterocycles. The lowest BCUT2D eigenvalue weighted by molar-refractivity contribution is -0.0586. The average Bonchev–Trinajstić information content (AvgIpc) is 1.22. The number of anilines is 9. The number of nitrogens with zero attached hydrogens (tertiary/aromatic N) is 12. The first-order valence-electron chi connectivity index (χ1n) is 48.9. The van der Waals surface area contributed by atoms with Crippen molar-refractivity contribution in [2.45, 2.75) is 147 Å². The number of rotatable bonds is 23. The van der Waals surface area contributed by atoms with E-state index in [0.29, 0.717) is 195 Å². The first-order chi connectivity index (χ1) is 68.6. The summed E-state index contributed by atoms with van der Waals surface area (Å²) in [4.78, 5) is 144. The summed E-state index contributed by atoms with van der Waals surface area (Å²) in [6.45, 7) is 9.83. The first kappa shape index (κ1) is 96.5. The van der Waals surface area contributed by atoms with Gasteiger partial charge in [0.25, 0.3) is 52.1 Å². The normalized spacial score (nSPS) is 17.8. The van der Waals surface area contributed by atoms with Crippen molar-refractivity contribution in [1.29, 1.82) is 0 Å². The Morgan fingerprint density at radius 3 is 1.01 bits per heavy atom. The molecule has 3 aromatic heterocycles. The molecule has 0 spiro atoms. The van der Waals surface area contributed by atoms with Crippen molar-refractivity contribution in [2.75, 3.05) is 108 Å². The number of carbonyl (C=O) groups excluding carboxylic acids is 6. The van der Waals surface area contributed by atoms with Crippen LogP contribution in [0.4, 0.5) is 51.6 Å². The molecule has 9 aromatic carbocycles. The number of aliphatic hydroxyl groups excluding tert-OH is 3. The van der Waals surface area contributed by atoms with Crippen molar-refractivity contribution < 1.29 is 62.0 Å². The Labute approximate surface area is 822 Å². The molecule has 3 saturated heterocycles. The number of likely N-dealkylation sites (tertiary alicyclic amines) is 1. The third-order valence-corrected chi connectivity index (χ3v) is 29.9. The van der Waals surface area contributed by atoms with E-state index in [1.807, 2.05) is 98.5 Å². The van der Waals surface area contributed by atoms with Crippen LogP contribution in [0.15, 0.2) is 215 Å². The standard InChI is InChI=1S/C38H41N5O5.C37H39N5O5.C35H35N5O6S/c1-3-48-29-16-18-42(19-17-29)36(45)25-9-12-28(13-10-25)39-35-38(47)41(2)22-33(40-35)31-5-4-6-34(32(31)23-44)43-20-15-27-21-26(24-7-8-24)11-14-30(27)37(43)46;1-22-18-41(19-23(2)47-22)35(44)25-9-12-28(13-10-25)38-34-37(46)40(3)20-32(39-34)30-5-4-6-33(31(30)21-43)42-16-15-27-17-26(24-7-8-24)11-14-29(27)36(42)45;1-38-20-30(37-32(35(38)44)36-26-10-7-23(8-11-26)33(42)39-15-17-47(45,46)18-16-39)28-3-2-4-31(29(28)21-41)40-14-13-25-19-24(22-5-6-22)9-12-27(25)34(40)43/h4-6,9-14,21-22,24,29,44H,3,7-8,15-20,23H2,1-2H3,(H,39,40);4-6,9-14,17,20,22-24,43H,7-8,15-16,18-19,21H2,1-3H3,(H,38,39);2-4,7-12,19-20,22,41H,5-6,13-18,21H2,1H3,(H,36,37). The molecule has 31 nitrogen and oxygen atoms in total. The number of ether oxygens (including phenoxy) is 2. The number of morpholine rings is 1. The van der Waals surface area contributed by atoms with Gasteiger partial charge in [-0.2, -0.15) is 0 Å². The zero-order valence-corrected chi connectivity index (χ0v) is 81.1. The van der Waals surface area contributed by atoms with E-state index in [1.165, 1.54) is 73.8 Å². The van der Waals surface area contributed by atoms with E-state index in [0.717, 1.165) is 42.4 Å². The molecule has 2 unspecified atom stereocenters. The molecule has 6 aliphatic heterocycles. The van der Waals surface area contributed by atoms with E-state index in [-0.39, 0.29) is 132 Å². The van der Waals surface area contributed by atoms with Crippen molar-refractivity contribution in [3.8, 4) is 33.8 Å². The molecule has 3 saturated carbocycles. The Balaban J connectivity index is 0.000000135. The first-order valence-corrected chi connectivity index (χ1v) is 50.7. The molecule has 142 heavy (non-hydrogen) atoms. The van der Waals surface area contributed by atoms with Crippen molar-refractivity contribution in [1.82, 2.24) is 43.4 Å². The Hall–Kier alpha value is -14.4. The highest BCUT2D eigenvalue weighted by Gasteiger charge is 2.38. The van der Waals surface area contributed by atoms with Crippen LogP contribution in [-0.4, -0.2) is 198 Å². The summed E-state index contributed by atoms with van der Waals surface area (Å²) >= 11 is 0. The van der Waals surface area contributed by atoms with Gasteiger partial charge in [-0.25, -0.2) is 23.4 Å². The molecule has 3 aliphatic carbocycles. The predicted octanol–water partition coefficient (Wildman–Crippen LogP) is 14.1. The van der Waals surface area contributed by atoms with E-state index in [9.17, 15) is 66.9 Å². The monoisotopic (exact) mass is 1930 g/mol. The number of aliphatic hydroxyl groups is 3. The van der Waals surface area contributed by atoms with Gasteiger partial charge in [0.15, 0.2) is 27.3 Å². The quantitative estimate of drug-likeness (QED) is 0.0346. The summed E-state index contributed by atoms with van der Waals surface area (Å²) in [5.74, 6) is 1.39. The lowest BCUT2D eigenvalue weighted by atomic mass is 9.93. The van der Waals surface area contributed by atoms with Crippen LogP contribution in [0.25, 0.3) is 33.8 Å². The van der Waals surface area contributed by atoms with Crippen LogP contribution in [0.3, 0.4) is 0 Å². The number of nitrogens with one attached hydrogen (secondary N) is 3. The number of sulfone groups is 1. The van der Waals surface area contributed by atoms with Gasteiger partial charge < -0.3 is 83.8 Å². The molecule has 0 bridgehead atoms. The molecule has 12 aromatic rings. The summed E-state index contributed by atoms with van der Waals surface area (Å²) in [5, 5.41) is 41.1. The van der Waals surface area contributed by atoms with Gasteiger partial charge in [0.05, 0.1) is 83.8 Å². The molecule has 32 heteroatoms. The Bertz CT molecular complexity index is 7230. The van der Waals surface area contributed by atoms with Crippen molar-refractivity contribution in [3.63, 3.8) is 0 Å². The number of amides is 6. The molecule has 9 aliphatic rings. The fourth-order valence-corrected chi connectivity index (χ4v) is 21.3. The van der Waals surface area contributed by atoms with Crippen LogP contribution in [0, 0.1) is 0 Å². The van der Waals surface area contributed by atoms with E-state index in [4.69, 9.17) is 9.47 Å². The van der Waals surface area contributed by atoms with Crippen LogP contribution >= 0.6 is 0 Å². The Morgan fingerprint density at radius 2 is 0.704 bits per heavy atom. The van der Waals surface area contributed by atoms with Crippen LogP contribution in [0.5, 0.6) is 0 Å². The highest BCUT2D eigenvalue weighted by atomic mass is 32.2. The summed E-state index contributed by atoms with van der Waals surface area (Å²) in [5.41, 5.74) is 18.2. The van der Waals surface area contributed by atoms with Gasteiger partial charge in [0.1, 0.15) is 0 Å². The second-order valence-corrected chi connectivity index (χ2v) is 40.5. The number of carbonyl (C=O) groups is 6. The molecule has 6 fully saturated rings. The Kier molecular flexibility index (Phi) is 27.9. The fraction of sp³-hybridized carbons (Fsp3) is 0.345. The minimum absolute atomic E-state index is 0.0253. The second-order valence-electron chi connectivity index (χ2n) is 38.2. The van der Waals surface area contributed by atoms with Crippen LogP contribution in [-0.2, 0) is 79.5 Å². The van der Waals surface area contributed by atoms with Crippen LogP contribution in [0.1, 0.15) is 202 Å². The number of benzene rings is 9. The van der Waals surface area contributed by atoms with Crippen molar-refractivity contribution >= 4 is 96.9 Å². The maximum absolute atomic E-state index is 13.7. The van der Waals surface area contributed by atoms with E-state index < -0.39 is 9.84 Å². The van der Waals surface area contributed by atoms with Crippen LogP contribution < -0.4 is 47.3 Å². The maximum atomic E-state index is 13.7. The zero-order chi connectivity index (χ0) is 99.1. The highest BCUT2D eigenvalue weighted by molar-refractivity contribution is 7.91. The van der Waals surface area contributed by atoms with E-state index in [2.05, 4.69) is 67.3 Å². The highest BCUT2D eigenvalue weighted by Crippen LogP contribution is 2.46. The largest absolute Gasteiger partial charge is 0.392 e.